The second kappa shape index (κ2) is 21.1. The van der Waals surface area contributed by atoms with Crippen molar-refractivity contribution in [3.8, 4) is 0 Å². The van der Waals surface area contributed by atoms with E-state index in [2.05, 4.69) is 18.7 Å². The van der Waals surface area contributed by atoms with Crippen LogP contribution in [0.5, 0.6) is 0 Å². The van der Waals surface area contributed by atoms with Gasteiger partial charge in [-0.05, 0) is 32.2 Å². The Morgan fingerprint density at radius 2 is 1.11 bits per heavy atom. The lowest BCUT2D eigenvalue weighted by Gasteiger charge is -2.26. The molecule has 0 aromatic rings. The molecule has 1 atom stereocenters. The van der Waals surface area contributed by atoms with Crippen molar-refractivity contribution >= 4 is 5.91 Å². The van der Waals surface area contributed by atoms with E-state index in [-0.39, 0.29) is 11.9 Å². The maximum Gasteiger partial charge on any atom is 0.239 e. The molecule has 28 heavy (non-hydrogen) atoms. The molecule has 0 aliphatic carbocycles. The van der Waals surface area contributed by atoms with E-state index in [4.69, 9.17) is 11.5 Å². The molecule has 168 valence electrons. The minimum Gasteiger partial charge on any atom is -0.341 e. The highest BCUT2D eigenvalue weighted by Crippen LogP contribution is 2.12. The Kier molecular flexibility index (Phi) is 20.6. The zero-order chi connectivity index (χ0) is 20.9. The molecule has 0 heterocycles. The maximum atomic E-state index is 12.8. The average Bonchev–Trinajstić information content (AvgIpc) is 2.70. The third-order valence-corrected chi connectivity index (χ3v) is 5.66. The maximum absolute atomic E-state index is 12.8. The van der Waals surface area contributed by atoms with E-state index in [1.165, 1.54) is 77.0 Å². The summed E-state index contributed by atoms with van der Waals surface area (Å²) in [6.07, 6.45) is 20.6. The first kappa shape index (κ1) is 27.4. The molecule has 0 aromatic heterocycles. The smallest absolute Gasteiger partial charge is 0.239 e. The number of carbonyl (C=O) groups is 1. The van der Waals surface area contributed by atoms with Crippen molar-refractivity contribution < 1.29 is 4.79 Å². The van der Waals surface area contributed by atoms with Crippen molar-refractivity contribution in [1.29, 1.82) is 0 Å². The molecule has 0 saturated heterocycles. The van der Waals surface area contributed by atoms with E-state index >= 15 is 0 Å². The van der Waals surface area contributed by atoms with E-state index in [9.17, 15) is 4.79 Å². The van der Waals surface area contributed by atoms with Crippen molar-refractivity contribution in [2.45, 2.75) is 129 Å². The summed E-state index contributed by atoms with van der Waals surface area (Å²) in [4.78, 5) is 14.9. The highest BCUT2D eigenvalue weighted by molar-refractivity contribution is 5.81. The minimum absolute atomic E-state index is 0.161. The molecule has 0 spiro atoms. The fourth-order valence-corrected chi connectivity index (χ4v) is 3.72. The van der Waals surface area contributed by atoms with Gasteiger partial charge in [-0.2, -0.15) is 0 Å². The Hall–Kier alpha value is -0.610. The SMILES string of the molecule is CCCCCCCCCN(CCCCCCCCC)C(=O)[C@@H](N)CCCCN. The number of hydrogen-bond donors (Lipinski definition) is 2. The fraction of sp³-hybridized carbons (Fsp3) is 0.958. The molecule has 0 aliphatic rings. The molecule has 0 rings (SSSR count). The Labute approximate surface area is 176 Å². The van der Waals surface area contributed by atoms with Gasteiger partial charge < -0.3 is 16.4 Å². The van der Waals surface area contributed by atoms with E-state index in [0.29, 0.717) is 6.54 Å². The second-order valence-electron chi connectivity index (χ2n) is 8.46. The van der Waals surface area contributed by atoms with E-state index in [0.717, 1.165) is 45.2 Å². The number of nitrogens with two attached hydrogens (primary N) is 2. The Morgan fingerprint density at radius 1 is 0.679 bits per heavy atom. The summed E-state index contributed by atoms with van der Waals surface area (Å²) in [6.45, 7) is 6.95. The summed E-state index contributed by atoms with van der Waals surface area (Å²) in [7, 11) is 0. The van der Waals surface area contributed by atoms with Crippen molar-refractivity contribution in [1.82, 2.24) is 4.90 Å². The number of carbonyl (C=O) groups excluding carboxylic acids is 1. The summed E-state index contributed by atoms with van der Waals surface area (Å²) in [5.74, 6) is 0.161. The van der Waals surface area contributed by atoms with Gasteiger partial charge >= 0.3 is 0 Å². The number of amides is 1. The van der Waals surface area contributed by atoms with Gasteiger partial charge in [-0.25, -0.2) is 0 Å². The van der Waals surface area contributed by atoms with Crippen LogP contribution in [0.15, 0.2) is 0 Å². The van der Waals surface area contributed by atoms with Crippen LogP contribution in [0.2, 0.25) is 0 Å². The number of unbranched alkanes of at least 4 members (excludes halogenated alkanes) is 13. The van der Waals surface area contributed by atoms with Crippen LogP contribution in [0, 0.1) is 0 Å². The fourth-order valence-electron chi connectivity index (χ4n) is 3.72. The summed E-state index contributed by atoms with van der Waals surface area (Å²) in [5, 5.41) is 0. The molecule has 1 amide bonds. The lowest BCUT2D eigenvalue weighted by Crippen LogP contribution is -2.44. The molecule has 0 aliphatic heterocycles. The molecule has 4 heteroatoms. The van der Waals surface area contributed by atoms with Gasteiger partial charge in [-0.3, -0.25) is 4.79 Å². The lowest BCUT2D eigenvalue weighted by atomic mass is 10.1. The molecule has 0 bridgehead atoms. The Morgan fingerprint density at radius 3 is 1.54 bits per heavy atom. The van der Waals surface area contributed by atoms with Crippen molar-refractivity contribution in [3.05, 3.63) is 0 Å². The average molecular weight is 398 g/mol. The molecule has 0 unspecified atom stereocenters. The summed E-state index contributed by atoms with van der Waals surface area (Å²) < 4.78 is 0. The lowest BCUT2D eigenvalue weighted by molar-refractivity contribution is -0.133. The van der Waals surface area contributed by atoms with Gasteiger partial charge in [0.15, 0.2) is 0 Å². The van der Waals surface area contributed by atoms with Gasteiger partial charge in [-0.1, -0.05) is 97.3 Å². The molecular weight excluding hydrogens is 346 g/mol. The largest absolute Gasteiger partial charge is 0.341 e. The van der Waals surface area contributed by atoms with Gasteiger partial charge in [0, 0.05) is 13.1 Å². The van der Waals surface area contributed by atoms with Crippen LogP contribution in [-0.4, -0.2) is 36.5 Å². The quantitative estimate of drug-likeness (QED) is 0.241. The molecule has 0 saturated carbocycles. The van der Waals surface area contributed by atoms with Crippen LogP contribution in [0.25, 0.3) is 0 Å². The van der Waals surface area contributed by atoms with Gasteiger partial charge in [0.25, 0.3) is 0 Å². The van der Waals surface area contributed by atoms with Gasteiger partial charge in [0.1, 0.15) is 0 Å². The van der Waals surface area contributed by atoms with E-state index in [1.54, 1.807) is 0 Å². The summed E-state index contributed by atoms with van der Waals surface area (Å²) in [5.41, 5.74) is 11.8. The van der Waals surface area contributed by atoms with E-state index in [1.807, 2.05) is 0 Å². The molecule has 0 radical (unpaired) electrons. The third-order valence-electron chi connectivity index (χ3n) is 5.66. The molecule has 0 fully saturated rings. The first-order chi connectivity index (χ1) is 13.7. The van der Waals surface area contributed by atoms with Crippen LogP contribution in [0.1, 0.15) is 123 Å². The third kappa shape index (κ3) is 16.4. The van der Waals surface area contributed by atoms with Gasteiger partial charge in [-0.15, -0.1) is 0 Å². The van der Waals surface area contributed by atoms with Crippen molar-refractivity contribution in [2.75, 3.05) is 19.6 Å². The number of nitrogens with zero attached hydrogens (tertiary/aromatic N) is 1. The number of hydrogen-bond acceptors (Lipinski definition) is 3. The molecular formula is C24H51N3O. The van der Waals surface area contributed by atoms with Crippen LogP contribution >= 0.6 is 0 Å². The van der Waals surface area contributed by atoms with Gasteiger partial charge in [0.05, 0.1) is 6.04 Å². The van der Waals surface area contributed by atoms with Gasteiger partial charge in [0.2, 0.25) is 5.91 Å². The predicted molar refractivity (Wildman–Crippen MR) is 123 cm³/mol. The van der Waals surface area contributed by atoms with Crippen molar-refractivity contribution in [3.63, 3.8) is 0 Å². The van der Waals surface area contributed by atoms with Crippen LogP contribution < -0.4 is 11.5 Å². The first-order valence-electron chi connectivity index (χ1n) is 12.4. The van der Waals surface area contributed by atoms with Crippen LogP contribution in [0.3, 0.4) is 0 Å². The molecule has 4 N–H and O–H groups in total. The Bertz CT molecular complexity index is 318. The predicted octanol–water partition coefficient (Wildman–Crippen LogP) is 5.77. The minimum atomic E-state index is -0.347. The second-order valence-corrected chi connectivity index (χ2v) is 8.46. The zero-order valence-electron chi connectivity index (χ0n) is 19.2. The number of rotatable bonds is 21. The molecule has 0 aromatic carbocycles. The first-order valence-corrected chi connectivity index (χ1v) is 12.4. The summed E-state index contributed by atoms with van der Waals surface area (Å²) >= 11 is 0. The highest BCUT2D eigenvalue weighted by Gasteiger charge is 2.20. The van der Waals surface area contributed by atoms with Crippen molar-refractivity contribution in [2.24, 2.45) is 11.5 Å². The monoisotopic (exact) mass is 397 g/mol. The van der Waals surface area contributed by atoms with Crippen LogP contribution in [0.4, 0.5) is 0 Å². The van der Waals surface area contributed by atoms with Crippen LogP contribution in [-0.2, 0) is 4.79 Å². The summed E-state index contributed by atoms with van der Waals surface area (Å²) in [6, 6.07) is -0.347. The Balaban J connectivity index is 4.19. The van der Waals surface area contributed by atoms with E-state index < -0.39 is 0 Å². The topological polar surface area (TPSA) is 72.3 Å². The zero-order valence-corrected chi connectivity index (χ0v) is 19.2. The highest BCUT2D eigenvalue weighted by atomic mass is 16.2. The normalized spacial score (nSPS) is 12.3. The molecule has 4 nitrogen and oxygen atoms in total. The standard InChI is InChI=1S/C24H51N3O/c1-3-5-7-9-11-13-17-21-27(22-18-14-12-10-8-6-4-2)24(28)23(26)19-15-16-20-25/h23H,3-22,25-26H2,1-2H3/t23-/m0/s1.